The van der Waals surface area contributed by atoms with Crippen LogP contribution in [-0.4, -0.2) is 45.6 Å². The van der Waals surface area contributed by atoms with Gasteiger partial charge in [-0.25, -0.2) is 9.37 Å². The van der Waals surface area contributed by atoms with Crippen molar-refractivity contribution in [3.8, 4) is 17.2 Å². The lowest BCUT2D eigenvalue weighted by Crippen LogP contribution is -2.30. The van der Waals surface area contributed by atoms with Crippen LogP contribution in [-0.2, 0) is 9.59 Å². The quantitative estimate of drug-likeness (QED) is 0.192. The smallest absolute Gasteiger partial charge is 0.302 e. The van der Waals surface area contributed by atoms with E-state index in [0.29, 0.717) is 16.6 Å². The summed E-state index contributed by atoms with van der Waals surface area (Å²) in [7, 11) is 1.34. The third-order valence-corrected chi connectivity index (χ3v) is 6.31. The number of nitrogens with zero attached hydrogens (tertiary/aromatic N) is 2. The number of aromatic amines is 1. The molecule has 3 N–H and O–H groups in total. The van der Waals surface area contributed by atoms with Gasteiger partial charge in [-0.3, -0.25) is 14.5 Å². The molecule has 0 spiro atoms. The standard InChI is InChI=1S/C28H24FN3O6/c1-4-38-22-12-15(6-9-20(22)33)24-23(25(34)17-13-16(29)7-10-21(17)37-3)26(35)27(36)32(24)28-30-18-8-5-14(2)11-19(18)31-28/h5-13,24,33-34H,4H2,1-3H3,(H,30,31)/b25-23+. The number of anilines is 1. The SMILES string of the molecule is CCOc1cc(C2/C(=C(\O)c3cc(F)ccc3OC)C(=O)C(=O)N2c2nc3ccc(C)cc3[nH]2)ccc1O. The molecule has 0 saturated carbocycles. The summed E-state index contributed by atoms with van der Waals surface area (Å²) in [6.07, 6.45) is 0. The third-order valence-electron chi connectivity index (χ3n) is 6.31. The Hall–Kier alpha value is -4.86. The van der Waals surface area contributed by atoms with Gasteiger partial charge in [-0.2, -0.15) is 0 Å². The fourth-order valence-electron chi connectivity index (χ4n) is 4.57. The molecule has 5 rings (SSSR count). The van der Waals surface area contributed by atoms with Crippen molar-refractivity contribution in [2.45, 2.75) is 19.9 Å². The van der Waals surface area contributed by atoms with Crippen LogP contribution in [0.15, 0.2) is 60.2 Å². The average Bonchev–Trinajstić information content (AvgIpc) is 3.42. The maximum atomic E-state index is 14.2. The third kappa shape index (κ3) is 4.09. The Morgan fingerprint density at radius 3 is 2.63 bits per heavy atom. The van der Waals surface area contributed by atoms with E-state index in [4.69, 9.17) is 9.47 Å². The fraction of sp³-hybridized carbons (Fsp3) is 0.179. The first-order valence-corrected chi connectivity index (χ1v) is 11.8. The van der Waals surface area contributed by atoms with E-state index in [2.05, 4.69) is 9.97 Å². The first-order valence-electron chi connectivity index (χ1n) is 11.8. The summed E-state index contributed by atoms with van der Waals surface area (Å²) in [5.74, 6) is -3.07. The molecule has 0 radical (unpaired) electrons. The number of fused-ring (bicyclic) bond motifs is 1. The number of aromatic hydroxyl groups is 1. The number of aromatic nitrogens is 2. The summed E-state index contributed by atoms with van der Waals surface area (Å²) in [4.78, 5) is 35.7. The molecule has 1 aliphatic rings. The Morgan fingerprint density at radius 1 is 1.11 bits per heavy atom. The largest absolute Gasteiger partial charge is 0.507 e. The normalized spacial score (nSPS) is 16.8. The highest BCUT2D eigenvalue weighted by molar-refractivity contribution is 6.51. The first kappa shape index (κ1) is 24.8. The Kier molecular flexibility index (Phi) is 6.23. The number of methoxy groups -OCH3 is 1. The number of aliphatic hydroxyl groups excluding tert-OH is 1. The molecule has 1 fully saturated rings. The minimum absolute atomic E-state index is 0.0778. The number of hydrogen-bond acceptors (Lipinski definition) is 7. The maximum Gasteiger partial charge on any atom is 0.302 e. The zero-order valence-corrected chi connectivity index (χ0v) is 20.8. The van der Waals surface area contributed by atoms with Crippen LogP contribution in [0, 0.1) is 12.7 Å². The number of nitrogens with one attached hydrogen (secondary N) is 1. The van der Waals surface area contributed by atoms with Gasteiger partial charge < -0.3 is 24.7 Å². The molecule has 1 saturated heterocycles. The lowest BCUT2D eigenvalue weighted by Gasteiger charge is -2.24. The van der Waals surface area contributed by atoms with E-state index in [0.717, 1.165) is 22.6 Å². The molecule has 1 unspecified atom stereocenters. The van der Waals surface area contributed by atoms with Crippen molar-refractivity contribution >= 4 is 34.4 Å². The second kappa shape index (κ2) is 9.55. The van der Waals surface area contributed by atoms with Crippen molar-refractivity contribution in [1.82, 2.24) is 9.97 Å². The maximum absolute atomic E-state index is 14.2. The van der Waals surface area contributed by atoms with Crippen molar-refractivity contribution < 1.29 is 33.7 Å². The topological polar surface area (TPSA) is 125 Å². The number of rotatable bonds is 6. The monoisotopic (exact) mass is 517 g/mol. The lowest BCUT2D eigenvalue weighted by molar-refractivity contribution is -0.132. The van der Waals surface area contributed by atoms with E-state index in [-0.39, 0.29) is 40.9 Å². The predicted molar refractivity (Wildman–Crippen MR) is 138 cm³/mol. The minimum Gasteiger partial charge on any atom is -0.507 e. The Balaban J connectivity index is 1.77. The number of aliphatic hydroxyl groups is 1. The molecule has 3 aromatic carbocycles. The molecule has 1 amide bonds. The number of H-pyrrole nitrogens is 1. The molecule has 4 aromatic rings. The van der Waals surface area contributed by atoms with E-state index in [1.54, 1.807) is 13.0 Å². The van der Waals surface area contributed by atoms with Gasteiger partial charge in [0.05, 0.1) is 41.9 Å². The summed E-state index contributed by atoms with van der Waals surface area (Å²) in [6.45, 7) is 3.90. The number of ketones is 1. The molecular weight excluding hydrogens is 493 g/mol. The number of carbonyl (C=O) groups is 2. The molecule has 194 valence electrons. The number of carbonyl (C=O) groups excluding carboxylic acids is 2. The van der Waals surface area contributed by atoms with Gasteiger partial charge in [0.1, 0.15) is 17.3 Å². The number of imidazole rings is 1. The van der Waals surface area contributed by atoms with Crippen molar-refractivity contribution in [3.63, 3.8) is 0 Å². The van der Waals surface area contributed by atoms with Gasteiger partial charge >= 0.3 is 5.91 Å². The van der Waals surface area contributed by atoms with Gasteiger partial charge in [-0.15, -0.1) is 0 Å². The fourth-order valence-corrected chi connectivity index (χ4v) is 4.57. The van der Waals surface area contributed by atoms with Crippen LogP contribution in [0.2, 0.25) is 0 Å². The van der Waals surface area contributed by atoms with Crippen LogP contribution in [0.3, 0.4) is 0 Å². The minimum atomic E-state index is -1.19. The summed E-state index contributed by atoms with van der Waals surface area (Å²) in [5.41, 5.74) is 2.12. The van der Waals surface area contributed by atoms with E-state index >= 15 is 0 Å². The highest BCUT2D eigenvalue weighted by atomic mass is 19.1. The van der Waals surface area contributed by atoms with Crippen molar-refractivity contribution in [2.75, 3.05) is 18.6 Å². The number of ether oxygens (including phenoxy) is 2. The number of halogens is 1. The number of Topliss-reactive ketones (excluding diaryl/α,β-unsaturated/α-hetero) is 1. The van der Waals surface area contributed by atoms with Gasteiger partial charge in [0, 0.05) is 0 Å². The van der Waals surface area contributed by atoms with Crippen LogP contribution < -0.4 is 14.4 Å². The second-order valence-electron chi connectivity index (χ2n) is 8.75. The zero-order chi connectivity index (χ0) is 27.1. The van der Waals surface area contributed by atoms with Crippen LogP contribution in [0.25, 0.3) is 16.8 Å². The van der Waals surface area contributed by atoms with Gasteiger partial charge in [0.25, 0.3) is 5.78 Å². The zero-order valence-electron chi connectivity index (χ0n) is 20.8. The number of phenols is 1. The highest BCUT2D eigenvalue weighted by Crippen LogP contribution is 2.44. The van der Waals surface area contributed by atoms with E-state index < -0.39 is 29.3 Å². The molecule has 0 bridgehead atoms. The first-order chi connectivity index (χ1) is 18.2. The van der Waals surface area contributed by atoms with Crippen LogP contribution in [0.4, 0.5) is 10.3 Å². The number of aryl methyl sites for hydroxylation is 1. The van der Waals surface area contributed by atoms with E-state index in [9.17, 15) is 24.2 Å². The molecule has 9 nitrogen and oxygen atoms in total. The molecule has 1 atom stereocenters. The molecule has 2 heterocycles. The van der Waals surface area contributed by atoms with Crippen molar-refractivity contribution in [3.05, 3.63) is 82.7 Å². The molecule has 1 aromatic heterocycles. The van der Waals surface area contributed by atoms with Gasteiger partial charge in [-0.1, -0.05) is 12.1 Å². The van der Waals surface area contributed by atoms with E-state index in [1.165, 1.54) is 31.4 Å². The molecule has 10 heteroatoms. The average molecular weight is 518 g/mol. The van der Waals surface area contributed by atoms with Crippen LogP contribution >= 0.6 is 0 Å². The van der Waals surface area contributed by atoms with Crippen LogP contribution in [0.1, 0.15) is 29.7 Å². The summed E-state index contributed by atoms with van der Waals surface area (Å²) in [5, 5.41) is 21.6. The Morgan fingerprint density at radius 2 is 1.89 bits per heavy atom. The van der Waals surface area contributed by atoms with Crippen molar-refractivity contribution in [2.24, 2.45) is 0 Å². The molecular formula is C28H24FN3O6. The number of amides is 1. The van der Waals surface area contributed by atoms with Gasteiger partial charge in [0.2, 0.25) is 5.95 Å². The van der Waals surface area contributed by atoms with Crippen molar-refractivity contribution in [1.29, 1.82) is 0 Å². The number of hydrogen-bond donors (Lipinski definition) is 3. The summed E-state index contributed by atoms with van der Waals surface area (Å²) < 4.78 is 25.0. The molecule has 1 aliphatic heterocycles. The van der Waals surface area contributed by atoms with Gasteiger partial charge in [0.15, 0.2) is 11.5 Å². The summed E-state index contributed by atoms with van der Waals surface area (Å²) in [6, 6.07) is 12.1. The predicted octanol–water partition coefficient (Wildman–Crippen LogP) is 4.75. The number of benzene rings is 3. The Bertz CT molecular complexity index is 1630. The Labute approximate surface area is 216 Å². The number of phenolic OH excluding ortho intramolecular Hbond substituents is 1. The van der Waals surface area contributed by atoms with E-state index in [1.807, 2.05) is 19.1 Å². The summed E-state index contributed by atoms with van der Waals surface area (Å²) >= 11 is 0. The van der Waals surface area contributed by atoms with Gasteiger partial charge in [-0.05, 0) is 67.4 Å². The second-order valence-corrected chi connectivity index (χ2v) is 8.75. The lowest BCUT2D eigenvalue weighted by atomic mass is 9.94. The highest BCUT2D eigenvalue weighted by Gasteiger charge is 2.48. The molecule has 38 heavy (non-hydrogen) atoms. The van der Waals surface area contributed by atoms with Crippen LogP contribution in [0.5, 0.6) is 17.2 Å². The molecule has 0 aliphatic carbocycles.